The molecule has 3 nitrogen and oxygen atoms in total. The number of hydrogen-bond donors (Lipinski definition) is 1. The normalized spacial score (nSPS) is 24.4. The third-order valence-electron chi connectivity index (χ3n) is 3.88. The van der Waals surface area contributed by atoms with Crippen molar-refractivity contribution in [1.82, 2.24) is 5.32 Å². The first-order chi connectivity index (χ1) is 9.13. The lowest BCUT2D eigenvalue weighted by atomic mass is 10.1. The Morgan fingerprint density at radius 3 is 2.68 bits per heavy atom. The molecule has 1 aliphatic rings. The third kappa shape index (κ3) is 3.45. The SMILES string of the molecule is COc1ccc(C(C)NC2CCC(OC)C2)cc1F. The van der Waals surface area contributed by atoms with E-state index in [-0.39, 0.29) is 17.6 Å². The van der Waals surface area contributed by atoms with Gasteiger partial charge in [-0.3, -0.25) is 0 Å². The molecule has 4 heteroatoms. The van der Waals surface area contributed by atoms with Gasteiger partial charge in [0.05, 0.1) is 13.2 Å². The molecule has 2 rings (SSSR count). The number of rotatable bonds is 5. The molecule has 0 amide bonds. The van der Waals surface area contributed by atoms with Gasteiger partial charge < -0.3 is 14.8 Å². The molecule has 3 atom stereocenters. The molecule has 0 heterocycles. The van der Waals surface area contributed by atoms with Gasteiger partial charge in [-0.25, -0.2) is 4.39 Å². The molecule has 1 N–H and O–H groups in total. The number of ether oxygens (including phenoxy) is 2. The van der Waals surface area contributed by atoms with E-state index >= 15 is 0 Å². The van der Waals surface area contributed by atoms with Crippen molar-refractivity contribution in [2.45, 2.75) is 44.4 Å². The number of halogens is 1. The highest BCUT2D eigenvalue weighted by molar-refractivity contribution is 5.30. The minimum Gasteiger partial charge on any atom is -0.494 e. The monoisotopic (exact) mass is 267 g/mol. The van der Waals surface area contributed by atoms with Crippen LogP contribution in [-0.4, -0.2) is 26.4 Å². The maximum atomic E-state index is 13.7. The molecule has 19 heavy (non-hydrogen) atoms. The molecule has 106 valence electrons. The van der Waals surface area contributed by atoms with E-state index in [1.54, 1.807) is 19.2 Å². The molecule has 0 aliphatic heterocycles. The Morgan fingerprint density at radius 1 is 1.32 bits per heavy atom. The van der Waals surface area contributed by atoms with Crippen LogP contribution in [0.5, 0.6) is 5.75 Å². The van der Waals surface area contributed by atoms with Crippen LogP contribution in [0.2, 0.25) is 0 Å². The number of nitrogens with one attached hydrogen (secondary N) is 1. The summed E-state index contributed by atoms with van der Waals surface area (Å²) in [6, 6.07) is 5.70. The Labute approximate surface area is 114 Å². The van der Waals surface area contributed by atoms with Crippen molar-refractivity contribution in [2.75, 3.05) is 14.2 Å². The molecule has 1 aliphatic carbocycles. The zero-order valence-corrected chi connectivity index (χ0v) is 11.8. The summed E-state index contributed by atoms with van der Waals surface area (Å²) in [6.45, 7) is 2.06. The molecular weight excluding hydrogens is 245 g/mol. The van der Waals surface area contributed by atoms with Gasteiger partial charge in [0.2, 0.25) is 0 Å². The maximum absolute atomic E-state index is 13.7. The zero-order valence-electron chi connectivity index (χ0n) is 11.8. The summed E-state index contributed by atoms with van der Waals surface area (Å²) in [5.41, 5.74) is 0.944. The quantitative estimate of drug-likeness (QED) is 0.889. The van der Waals surface area contributed by atoms with Crippen molar-refractivity contribution < 1.29 is 13.9 Å². The third-order valence-corrected chi connectivity index (χ3v) is 3.88. The minimum atomic E-state index is -0.310. The molecule has 1 fully saturated rings. The van der Waals surface area contributed by atoms with Crippen molar-refractivity contribution in [3.05, 3.63) is 29.6 Å². The van der Waals surface area contributed by atoms with E-state index in [0.717, 1.165) is 24.8 Å². The first kappa shape index (κ1) is 14.3. The predicted molar refractivity (Wildman–Crippen MR) is 72.9 cm³/mol. The summed E-state index contributed by atoms with van der Waals surface area (Å²) < 4.78 is 24.0. The summed E-state index contributed by atoms with van der Waals surface area (Å²) in [7, 11) is 3.23. The van der Waals surface area contributed by atoms with Crippen LogP contribution in [0.4, 0.5) is 4.39 Å². The lowest BCUT2D eigenvalue weighted by molar-refractivity contribution is 0.106. The zero-order chi connectivity index (χ0) is 13.8. The van der Waals surface area contributed by atoms with Gasteiger partial charge in [-0.05, 0) is 43.9 Å². The molecule has 1 aromatic carbocycles. The van der Waals surface area contributed by atoms with E-state index in [9.17, 15) is 4.39 Å². The van der Waals surface area contributed by atoms with E-state index in [2.05, 4.69) is 12.2 Å². The summed E-state index contributed by atoms with van der Waals surface area (Å²) >= 11 is 0. The van der Waals surface area contributed by atoms with Crippen LogP contribution in [0.25, 0.3) is 0 Å². The van der Waals surface area contributed by atoms with Crippen molar-refractivity contribution >= 4 is 0 Å². The fourth-order valence-corrected chi connectivity index (χ4v) is 2.71. The second-order valence-corrected chi connectivity index (χ2v) is 5.15. The Hall–Kier alpha value is -1.13. The van der Waals surface area contributed by atoms with Crippen LogP contribution < -0.4 is 10.1 Å². The Morgan fingerprint density at radius 2 is 2.11 bits per heavy atom. The summed E-state index contributed by atoms with van der Waals surface area (Å²) in [5.74, 6) is -0.0221. The van der Waals surface area contributed by atoms with E-state index in [1.165, 1.54) is 7.11 Å². The molecule has 3 unspecified atom stereocenters. The standard InChI is InChI=1S/C15H22FNO2/c1-10(17-12-5-6-13(9-12)18-2)11-4-7-15(19-3)14(16)8-11/h4,7-8,10,12-13,17H,5-6,9H2,1-3H3. The Bertz CT molecular complexity index is 425. The van der Waals surface area contributed by atoms with Crippen LogP contribution in [0.15, 0.2) is 18.2 Å². The predicted octanol–water partition coefficient (Wildman–Crippen LogP) is 3.05. The first-order valence-electron chi connectivity index (χ1n) is 6.76. The smallest absolute Gasteiger partial charge is 0.165 e. The van der Waals surface area contributed by atoms with Crippen LogP contribution >= 0.6 is 0 Å². The van der Waals surface area contributed by atoms with Crippen LogP contribution in [-0.2, 0) is 4.74 Å². The van der Waals surface area contributed by atoms with Gasteiger partial charge >= 0.3 is 0 Å². The molecule has 1 aromatic rings. The molecule has 0 saturated heterocycles. The Kier molecular flexibility index (Phi) is 4.77. The molecule has 0 spiro atoms. The van der Waals surface area contributed by atoms with Crippen molar-refractivity contribution in [3.63, 3.8) is 0 Å². The first-order valence-corrected chi connectivity index (χ1v) is 6.76. The minimum absolute atomic E-state index is 0.126. The average Bonchev–Trinajstić information content (AvgIpc) is 2.86. The van der Waals surface area contributed by atoms with Crippen molar-refractivity contribution in [2.24, 2.45) is 0 Å². The maximum Gasteiger partial charge on any atom is 0.165 e. The lowest BCUT2D eigenvalue weighted by Crippen LogP contribution is -2.30. The highest BCUT2D eigenvalue weighted by atomic mass is 19.1. The molecule has 0 bridgehead atoms. The fraction of sp³-hybridized carbons (Fsp3) is 0.600. The van der Waals surface area contributed by atoms with E-state index in [1.807, 2.05) is 6.07 Å². The van der Waals surface area contributed by atoms with Crippen LogP contribution in [0.3, 0.4) is 0 Å². The second-order valence-electron chi connectivity index (χ2n) is 5.15. The van der Waals surface area contributed by atoms with Gasteiger partial charge in [-0.1, -0.05) is 6.07 Å². The Balaban J connectivity index is 1.96. The topological polar surface area (TPSA) is 30.5 Å². The van der Waals surface area contributed by atoms with Gasteiger partial charge in [-0.2, -0.15) is 0 Å². The highest BCUT2D eigenvalue weighted by Gasteiger charge is 2.25. The molecule has 0 radical (unpaired) electrons. The van der Waals surface area contributed by atoms with Gasteiger partial charge in [0, 0.05) is 19.2 Å². The summed E-state index contributed by atoms with van der Waals surface area (Å²) in [6.07, 6.45) is 3.59. The second kappa shape index (κ2) is 6.35. The van der Waals surface area contributed by atoms with Crippen molar-refractivity contribution in [1.29, 1.82) is 0 Å². The van der Waals surface area contributed by atoms with E-state index in [4.69, 9.17) is 9.47 Å². The van der Waals surface area contributed by atoms with Crippen LogP contribution in [0.1, 0.15) is 37.8 Å². The van der Waals surface area contributed by atoms with Gasteiger partial charge in [0.15, 0.2) is 11.6 Å². The van der Waals surface area contributed by atoms with E-state index in [0.29, 0.717) is 12.1 Å². The number of hydrogen-bond acceptors (Lipinski definition) is 3. The largest absolute Gasteiger partial charge is 0.494 e. The highest BCUT2D eigenvalue weighted by Crippen LogP contribution is 2.26. The van der Waals surface area contributed by atoms with E-state index < -0.39 is 0 Å². The van der Waals surface area contributed by atoms with Crippen molar-refractivity contribution in [3.8, 4) is 5.75 Å². The summed E-state index contributed by atoms with van der Waals surface area (Å²) in [4.78, 5) is 0. The van der Waals surface area contributed by atoms with Gasteiger partial charge in [-0.15, -0.1) is 0 Å². The van der Waals surface area contributed by atoms with Crippen LogP contribution in [0, 0.1) is 5.82 Å². The average molecular weight is 267 g/mol. The molecule has 0 aromatic heterocycles. The number of benzene rings is 1. The summed E-state index contributed by atoms with van der Waals surface area (Å²) in [5, 5.41) is 3.54. The van der Waals surface area contributed by atoms with Gasteiger partial charge in [0.25, 0.3) is 0 Å². The number of methoxy groups -OCH3 is 2. The molecular formula is C15H22FNO2. The molecule has 1 saturated carbocycles. The fourth-order valence-electron chi connectivity index (χ4n) is 2.71. The van der Waals surface area contributed by atoms with Gasteiger partial charge in [0.1, 0.15) is 0 Å². The lowest BCUT2D eigenvalue weighted by Gasteiger charge is -2.20.